The van der Waals surface area contributed by atoms with Crippen molar-refractivity contribution in [3.63, 3.8) is 0 Å². The molecule has 0 spiro atoms. The van der Waals surface area contributed by atoms with E-state index in [9.17, 15) is 14.4 Å². The van der Waals surface area contributed by atoms with E-state index in [0.717, 1.165) is 5.56 Å². The van der Waals surface area contributed by atoms with E-state index in [4.69, 9.17) is 9.84 Å². The summed E-state index contributed by atoms with van der Waals surface area (Å²) in [6, 6.07) is 5.76. The Labute approximate surface area is 133 Å². The Morgan fingerprint density at radius 1 is 1.30 bits per heavy atom. The van der Waals surface area contributed by atoms with Gasteiger partial charge >= 0.3 is 5.97 Å². The Hall–Kier alpha value is -2.67. The molecule has 23 heavy (non-hydrogen) atoms. The maximum atomic E-state index is 12.2. The lowest BCUT2D eigenvalue weighted by molar-refractivity contribution is -0.156. The fourth-order valence-electron chi connectivity index (χ4n) is 2.23. The topological polar surface area (TPSA) is 95.9 Å². The van der Waals surface area contributed by atoms with Crippen molar-refractivity contribution < 1.29 is 24.2 Å². The van der Waals surface area contributed by atoms with Crippen LogP contribution in [0.25, 0.3) is 6.08 Å². The third kappa shape index (κ3) is 4.17. The van der Waals surface area contributed by atoms with Crippen LogP contribution in [-0.4, -0.2) is 60.6 Å². The third-order valence-electron chi connectivity index (χ3n) is 3.51. The normalized spacial score (nSPS) is 18.0. The molecule has 0 radical (unpaired) electrons. The van der Waals surface area contributed by atoms with E-state index in [-0.39, 0.29) is 25.0 Å². The highest BCUT2D eigenvalue weighted by Gasteiger charge is 2.31. The quantitative estimate of drug-likeness (QED) is 0.782. The Morgan fingerprint density at radius 2 is 2.00 bits per heavy atom. The summed E-state index contributed by atoms with van der Waals surface area (Å²) in [4.78, 5) is 36.0. The highest BCUT2D eigenvalue weighted by Crippen LogP contribution is 2.10. The highest BCUT2D eigenvalue weighted by molar-refractivity contribution is 5.95. The summed E-state index contributed by atoms with van der Waals surface area (Å²) >= 11 is 0. The van der Waals surface area contributed by atoms with Crippen molar-refractivity contribution in [3.05, 3.63) is 41.5 Å². The van der Waals surface area contributed by atoms with E-state index in [1.807, 2.05) is 0 Å². The van der Waals surface area contributed by atoms with Crippen LogP contribution in [0.2, 0.25) is 0 Å². The molecule has 0 saturated carbocycles. The first-order valence-corrected chi connectivity index (χ1v) is 7.14. The molecule has 1 unspecified atom stereocenters. The van der Waals surface area contributed by atoms with Gasteiger partial charge < -0.3 is 20.1 Å². The summed E-state index contributed by atoms with van der Waals surface area (Å²) in [5, 5.41) is 11.6. The van der Waals surface area contributed by atoms with Crippen molar-refractivity contribution >= 4 is 23.9 Å². The number of aliphatic carboxylic acids is 1. The van der Waals surface area contributed by atoms with Crippen LogP contribution in [0.4, 0.5) is 0 Å². The summed E-state index contributed by atoms with van der Waals surface area (Å²) in [5.74, 6) is -1.65. The minimum absolute atomic E-state index is 0.00423. The molecule has 0 aliphatic carbocycles. The van der Waals surface area contributed by atoms with Gasteiger partial charge in [0.2, 0.25) is 5.91 Å². The van der Waals surface area contributed by atoms with Crippen molar-refractivity contribution in [1.29, 1.82) is 0 Å². The number of benzene rings is 1. The number of ether oxygens (including phenoxy) is 1. The van der Waals surface area contributed by atoms with Crippen molar-refractivity contribution in [3.8, 4) is 0 Å². The molecule has 1 aromatic rings. The van der Waals surface area contributed by atoms with Crippen molar-refractivity contribution in [2.45, 2.75) is 6.04 Å². The number of carboxylic acids is 1. The first-order valence-electron chi connectivity index (χ1n) is 7.14. The number of carbonyl (C=O) groups excluding carboxylic acids is 2. The summed E-state index contributed by atoms with van der Waals surface area (Å²) in [7, 11) is 1.55. The van der Waals surface area contributed by atoms with Crippen molar-refractivity contribution in [2.75, 3.05) is 26.8 Å². The molecule has 2 N–H and O–H groups in total. The summed E-state index contributed by atoms with van der Waals surface area (Å²) in [6.07, 6.45) is 2.92. The average Bonchev–Trinajstić information content (AvgIpc) is 2.59. The zero-order valence-corrected chi connectivity index (χ0v) is 12.7. The van der Waals surface area contributed by atoms with Gasteiger partial charge in [-0.05, 0) is 23.8 Å². The fraction of sp³-hybridized carbons (Fsp3) is 0.312. The molecule has 1 heterocycles. The molecule has 1 aliphatic rings. The molecule has 7 nitrogen and oxygen atoms in total. The first kappa shape index (κ1) is 16.7. The van der Waals surface area contributed by atoms with E-state index < -0.39 is 12.0 Å². The van der Waals surface area contributed by atoms with Gasteiger partial charge in [-0.3, -0.25) is 9.59 Å². The molecule has 1 saturated heterocycles. The Bertz CT molecular complexity index is 624. The Balaban J connectivity index is 2.05. The molecule has 122 valence electrons. The smallest absolute Gasteiger partial charge is 0.328 e. The predicted molar refractivity (Wildman–Crippen MR) is 82.8 cm³/mol. The summed E-state index contributed by atoms with van der Waals surface area (Å²) < 4.78 is 5.10. The number of morpholine rings is 1. The maximum Gasteiger partial charge on any atom is 0.328 e. The number of nitrogens with zero attached hydrogens (tertiary/aromatic N) is 1. The van der Waals surface area contributed by atoms with Crippen LogP contribution in [-0.2, 0) is 14.3 Å². The SMILES string of the molecule is CNC(=O)c1ccc(/C=C/C(=O)N2CCOCC2C(=O)O)cc1. The summed E-state index contributed by atoms with van der Waals surface area (Å²) in [6.45, 7) is 0.565. The second-order valence-corrected chi connectivity index (χ2v) is 5.00. The van der Waals surface area contributed by atoms with Crippen LogP contribution < -0.4 is 5.32 Å². The molecular weight excluding hydrogens is 300 g/mol. The van der Waals surface area contributed by atoms with Crippen LogP contribution in [0.15, 0.2) is 30.3 Å². The molecule has 0 aromatic heterocycles. The minimum atomic E-state index is -1.08. The average molecular weight is 318 g/mol. The van der Waals surface area contributed by atoms with Crippen LogP contribution >= 0.6 is 0 Å². The standard InChI is InChI=1S/C16H18N2O5/c1-17-15(20)12-5-2-11(3-6-12)4-7-14(19)18-8-9-23-10-13(18)16(21)22/h2-7,13H,8-10H2,1H3,(H,17,20)(H,21,22)/b7-4+. The predicted octanol–water partition coefficient (Wildman–Crippen LogP) is 0.371. The van der Waals surface area contributed by atoms with Gasteiger partial charge in [-0.2, -0.15) is 0 Å². The zero-order valence-electron chi connectivity index (χ0n) is 12.7. The number of carboxylic acid groups (broad SMARTS) is 1. The number of hydrogen-bond acceptors (Lipinski definition) is 4. The largest absolute Gasteiger partial charge is 0.480 e. The molecule has 0 bridgehead atoms. The minimum Gasteiger partial charge on any atom is -0.480 e. The lowest BCUT2D eigenvalue weighted by Crippen LogP contribution is -2.52. The van der Waals surface area contributed by atoms with Gasteiger partial charge in [0.05, 0.1) is 13.2 Å². The molecule has 1 aromatic carbocycles. The van der Waals surface area contributed by atoms with Gasteiger partial charge in [0.25, 0.3) is 5.91 Å². The number of hydrogen-bond donors (Lipinski definition) is 2. The van der Waals surface area contributed by atoms with Crippen LogP contribution in [0, 0.1) is 0 Å². The number of carbonyl (C=O) groups is 3. The second-order valence-electron chi connectivity index (χ2n) is 5.00. The third-order valence-corrected chi connectivity index (χ3v) is 3.51. The first-order chi connectivity index (χ1) is 11.0. The van der Waals surface area contributed by atoms with Gasteiger partial charge in [0, 0.05) is 25.2 Å². The molecule has 7 heteroatoms. The highest BCUT2D eigenvalue weighted by atomic mass is 16.5. The van der Waals surface area contributed by atoms with E-state index >= 15 is 0 Å². The Morgan fingerprint density at radius 3 is 2.61 bits per heavy atom. The number of nitrogens with one attached hydrogen (secondary N) is 1. The van der Waals surface area contributed by atoms with Crippen molar-refractivity contribution in [2.24, 2.45) is 0 Å². The van der Waals surface area contributed by atoms with E-state index in [1.165, 1.54) is 11.0 Å². The van der Waals surface area contributed by atoms with Gasteiger partial charge in [-0.25, -0.2) is 4.79 Å². The van der Waals surface area contributed by atoms with Crippen LogP contribution in [0.3, 0.4) is 0 Å². The van der Waals surface area contributed by atoms with Gasteiger partial charge in [-0.15, -0.1) is 0 Å². The monoisotopic (exact) mass is 318 g/mol. The van der Waals surface area contributed by atoms with Crippen LogP contribution in [0.1, 0.15) is 15.9 Å². The molecule has 1 aliphatic heterocycles. The number of amides is 2. The van der Waals surface area contributed by atoms with E-state index in [2.05, 4.69) is 5.32 Å². The lowest BCUT2D eigenvalue weighted by Gasteiger charge is -2.31. The van der Waals surface area contributed by atoms with E-state index in [1.54, 1.807) is 37.4 Å². The van der Waals surface area contributed by atoms with E-state index in [0.29, 0.717) is 12.2 Å². The molecule has 2 rings (SSSR count). The van der Waals surface area contributed by atoms with Gasteiger partial charge in [0.15, 0.2) is 6.04 Å². The lowest BCUT2D eigenvalue weighted by atomic mass is 10.1. The Kier molecular flexibility index (Phi) is 5.48. The fourth-order valence-corrected chi connectivity index (χ4v) is 2.23. The molecule has 1 fully saturated rings. The van der Waals surface area contributed by atoms with Crippen LogP contribution in [0.5, 0.6) is 0 Å². The molecule has 2 amide bonds. The molecule has 1 atom stereocenters. The molecular formula is C16H18N2O5. The number of rotatable bonds is 4. The zero-order chi connectivity index (χ0) is 16.8. The summed E-state index contributed by atoms with van der Waals surface area (Å²) in [5.41, 5.74) is 1.27. The van der Waals surface area contributed by atoms with Gasteiger partial charge in [0.1, 0.15) is 0 Å². The maximum absolute atomic E-state index is 12.2. The van der Waals surface area contributed by atoms with Crippen molar-refractivity contribution in [1.82, 2.24) is 10.2 Å². The van der Waals surface area contributed by atoms with Gasteiger partial charge in [-0.1, -0.05) is 12.1 Å². The second kappa shape index (κ2) is 7.55.